The second kappa shape index (κ2) is 4.23. The third-order valence-electron chi connectivity index (χ3n) is 2.76. The lowest BCUT2D eigenvalue weighted by Crippen LogP contribution is -2.29. The predicted octanol–water partition coefficient (Wildman–Crippen LogP) is 1.46. The molecule has 0 amide bonds. The number of furan rings is 1. The van der Waals surface area contributed by atoms with Gasteiger partial charge in [0.25, 0.3) is 5.56 Å². The number of hydrogen-bond acceptors (Lipinski definition) is 4. The smallest absolute Gasteiger partial charge is 0.330 e. The molecule has 0 atom stereocenters. The molecule has 0 aliphatic carbocycles. The maximum absolute atomic E-state index is 11.7. The van der Waals surface area contributed by atoms with Gasteiger partial charge in [0.05, 0.1) is 0 Å². The molecule has 98 valence electrons. The molecule has 7 nitrogen and oxygen atoms in total. The minimum atomic E-state index is -0.492. The monoisotopic (exact) mass is 324 g/mol. The zero-order chi connectivity index (χ0) is 13.6. The minimum Gasteiger partial charge on any atom is -0.446 e. The second-order valence-corrected chi connectivity index (χ2v) is 4.67. The Morgan fingerprint density at radius 3 is 2.79 bits per heavy atom. The molecular formula is C11H9BrN4O3. The van der Waals surface area contributed by atoms with Crippen molar-refractivity contribution in [2.45, 2.75) is 13.5 Å². The van der Waals surface area contributed by atoms with Crippen LogP contribution in [0.25, 0.3) is 22.7 Å². The molecule has 19 heavy (non-hydrogen) atoms. The SMILES string of the molecule is CCn1c(=O)[nH]c(=O)c2[nH]c(-c3ccc(Br)o3)nc21. The normalized spacial score (nSPS) is 11.3. The highest BCUT2D eigenvalue weighted by atomic mass is 79.9. The summed E-state index contributed by atoms with van der Waals surface area (Å²) >= 11 is 3.20. The van der Waals surface area contributed by atoms with Crippen LogP contribution in [0.4, 0.5) is 0 Å². The van der Waals surface area contributed by atoms with Gasteiger partial charge in [0, 0.05) is 6.54 Å². The van der Waals surface area contributed by atoms with Crippen molar-refractivity contribution in [2.24, 2.45) is 0 Å². The highest BCUT2D eigenvalue weighted by molar-refractivity contribution is 9.10. The summed E-state index contributed by atoms with van der Waals surface area (Å²) in [5.74, 6) is 0.886. The van der Waals surface area contributed by atoms with E-state index in [1.54, 1.807) is 19.1 Å². The van der Waals surface area contributed by atoms with Crippen LogP contribution in [0, 0.1) is 0 Å². The van der Waals surface area contributed by atoms with Gasteiger partial charge < -0.3 is 9.40 Å². The number of nitrogens with one attached hydrogen (secondary N) is 2. The number of imidazole rings is 1. The third kappa shape index (κ3) is 1.84. The van der Waals surface area contributed by atoms with Crippen molar-refractivity contribution in [2.75, 3.05) is 0 Å². The van der Waals surface area contributed by atoms with Crippen LogP contribution in [0.2, 0.25) is 0 Å². The van der Waals surface area contributed by atoms with Crippen molar-refractivity contribution in [1.82, 2.24) is 19.5 Å². The fourth-order valence-corrected chi connectivity index (χ4v) is 2.20. The summed E-state index contributed by atoms with van der Waals surface area (Å²) in [7, 11) is 0. The molecule has 3 aromatic rings. The van der Waals surface area contributed by atoms with Crippen molar-refractivity contribution in [1.29, 1.82) is 0 Å². The molecule has 0 bridgehead atoms. The van der Waals surface area contributed by atoms with Crippen LogP contribution in [-0.2, 0) is 6.54 Å². The van der Waals surface area contributed by atoms with Crippen molar-refractivity contribution in [3.8, 4) is 11.6 Å². The van der Waals surface area contributed by atoms with Crippen molar-refractivity contribution in [3.05, 3.63) is 37.6 Å². The van der Waals surface area contributed by atoms with Gasteiger partial charge in [0.15, 0.2) is 21.9 Å². The number of aromatic amines is 2. The average Bonchev–Trinajstić information content (AvgIpc) is 2.96. The molecule has 0 aliphatic heterocycles. The lowest BCUT2D eigenvalue weighted by molar-refractivity contribution is 0.552. The molecule has 3 heterocycles. The Morgan fingerprint density at radius 1 is 1.37 bits per heavy atom. The molecule has 0 spiro atoms. The number of hydrogen-bond donors (Lipinski definition) is 2. The summed E-state index contributed by atoms with van der Waals surface area (Å²) < 4.78 is 7.31. The van der Waals surface area contributed by atoms with E-state index in [1.807, 2.05) is 0 Å². The Morgan fingerprint density at radius 2 is 2.16 bits per heavy atom. The summed E-state index contributed by atoms with van der Waals surface area (Å²) in [4.78, 5) is 32.8. The summed E-state index contributed by atoms with van der Waals surface area (Å²) in [6, 6.07) is 3.43. The molecule has 0 saturated carbocycles. The predicted molar refractivity (Wildman–Crippen MR) is 72.1 cm³/mol. The van der Waals surface area contributed by atoms with Crippen LogP contribution < -0.4 is 11.2 Å². The van der Waals surface area contributed by atoms with E-state index in [0.29, 0.717) is 28.4 Å². The lowest BCUT2D eigenvalue weighted by atomic mass is 10.4. The van der Waals surface area contributed by atoms with Crippen LogP contribution in [0.3, 0.4) is 0 Å². The summed E-state index contributed by atoms with van der Waals surface area (Å²) in [5.41, 5.74) is -0.393. The first-order chi connectivity index (χ1) is 9.10. The molecule has 8 heteroatoms. The van der Waals surface area contributed by atoms with Crippen molar-refractivity contribution in [3.63, 3.8) is 0 Å². The van der Waals surface area contributed by atoms with E-state index in [2.05, 4.69) is 30.9 Å². The Balaban J connectivity index is 2.34. The van der Waals surface area contributed by atoms with Gasteiger partial charge in [-0.2, -0.15) is 0 Å². The first-order valence-electron chi connectivity index (χ1n) is 5.58. The zero-order valence-electron chi connectivity index (χ0n) is 9.86. The van der Waals surface area contributed by atoms with E-state index in [0.717, 1.165) is 0 Å². The standard InChI is InChI=1S/C11H9BrN4O3/c1-2-16-9-7(10(17)15-11(16)18)13-8(14-9)5-3-4-6(12)19-5/h3-4H,2H2,1H3,(H,13,14)(H,15,17,18). The van der Waals surface area contributed by atoms with E-state index in [-0.39, 0.29) is 5.52 Å². The van der Waals surface area contributed by atoms with Gasteiger partial charge in [-0.25, -0.2) is 9.78 Å². The molecule has 3 rings (SSSR count). The highest BCUT2D eigenvalue weighted by Gasteiger charge is 2.14. The maximum Gasteiger partial charge on any atom is 0.330 e. The number of nitrogens with zero attached hydrogens (tertiary/aromatic N) is 2. The molecular weight excluding hydrogens is 316 g/mol. The topological polar surface area (TPSA) is 96.7 Å². The Bertz CT molecular complexity index is 870. The fourth-order valence-electron chi connectivity index (χ4n) is 1.89. The Labute approximate surface area is 114 Å². The maximum atomic E-state index is 11.7. The van der Waals surface area contributed by atoms with Crippen molar-refractivity contribution >= 4 is 27.1 Å². The van der Waals surface area contributed by atoms with Gasteiger partial charge >= 0.3 is 5.69 Å². The first-order valence-corrected chi connectivity index (χ1v) is 6.38. The first kappa shape index (κ1) is 12.0. The lowest BCUT2D eigenvalue weighted by Gasteiger charge is -1.99. The van der Waals surface area contributed by atoms with Gasteiger partial charge in [-0.3, -0.25) is 14.3 Å². The van der Waals surface area contributed by atoms with Crippen LogP contribution in [-0.4, -0.2) is 19.5 Å². The number of aromatic nitrogens is 4. The molecule has 2 N–H and O–H groups in total. The number of rotatable bonds is 2. The van der Waals surface area contributed by atoms with Crippen LogP contribution in [0.15, 0.2) is 30.8 Å². The van der Waals surface area contributed by atoms with Crippen LogP contribution in [0.1, 0.15) is 6.92 Å². The summed E-state index contributed by atoms with van der Waals surface area (Å²) in [6.07, 6.45) is 0. The Kier molecular flexibility index (Phi) is 2.67. The van der Waals surface area contributed by atoms with E-state index < -0.39 is 11.2 Å². The quantitative estimate of drug-likeness (QED) is 0.745. The second-order valence-electron chi connectivity index (χ2n) is 3.89. The molecule has 0 unspecified atom stereocenters. The van der Waals surface area contributed by atoms with Gasteiger partial charge in [0.1, 0.15) is 5.52 Å². The van der Waals surface area contributed by atoms with Crippen LogP contribution >= 0.6 is 15.9 Å². The third-order valence-corrected chi connectivity index (χ3v) is 3.18. The largest absolute Gasteiger partial charge is 0.446 e. The van der Waals surface area contributed by atoms with Gasteiger partial charge in [-0.1, -0.05) is 0 Å². The molecule has 0 aliphatic rings. The molecule has 0 radical (unpaired) electrons. The van der Waals surface area contributed by atoms with Gasteiger partial charge in [-0.15, -0.1) is 0 Å². The zero-order valence-corrected chi connectivity index (χ0v) is 11.4. The molecule has 3 aromatic heterocycles. The van der Waals surface area contributed by atoms with E-state index in [4.69, 9.17) is 4.42 Å². The minimum absolute atomic E-state index is 0.254. The summed E-state index contributed by atoms with van der Waals surface area (Å²) in [6.45, 7) is 2.22. The van der Waals surface area contributed by atoms with Gasteiger partial charge in [0.2, 0.25) is 0 Å². The van der Waals surface area contributed by atoms with Crippen LogP contribution in [0.5, 0.6) is 0 Å². The number of halogens is 1. The Hall–Kier alpha value is -2.09. The molecule has 0 aromatic carbocycles. The molecule has 0 fully saturated rings. The highest BCUT2D eigenvalue weighted by Crippen LogP contribution is 2.23. The van der Waals surface area contributed by atoms with E-state index >= 15 is 0 Å². The number of aryl methyl sites for hydroxylation is 1. The average molecular weight is 325 g/mol. The molecule has 0 saturated heterocycles. The van der Waals surface area contributed by atoms with E-state index in [1.165, 1.54) is 4.57 Å². The fraction of sp³-hybridized carbons (Fsp3) is 0.182. The van der Waals surface area contributed by atoms with Crippen molar-refractivity contribution < 1.29 is 4.42 Å². The van der Waals surface area contributed by atoms with Gasteiger partial charge in [-0.05, 0) is 35.0 Å². The summed E-state index contributed by atoms with van der Waals surface area (Å²) in [5, 5.41) is 0. The number of H-pyrrole nitrogens is 2. The van der Waals surface area contributed by atoms with E-state index in [9.17, 15) is 9.59 Å². The number of fused-ring (bicyclic) bond motifs is 1.